The normalized spacial score (nSPS) is 14.4. The second-order valence-electron chi connectivity index (χ2n) is 7.17. The third-order valence-electron chi connectivity index (χ3n) is 3.77. The van der Waals surface area contributed by atoms with Gasteiger partial charge in [-0.3, -0.25) is 4.79 Å². The van der Waals surface area contributed by atoms with E-state index in [-0.39, 0.29) is 18.8 Å². The summed E-state index contributed by atoms with van der Waals surface area (Å²) in [6.45, 7) is 6.89. The highest BCUT2D eigenvalue weighted by Crippen LogP contribution is 2.31. The van der Waals surface area contributed by atoms with Gasteiger partial charge in [-0.1, -0.05) is 19.1 Å². The fraction of sp³-hybridized carbons (Fsp3) is 0.556. The molecule has 8 heteroatoms. The second-order valence-corrected chi connectivity index (χ2v) is 7.17. The largest absolute Gasteiger partial charge is 0.444 e. The topological polar surface area (TPSA) is 81.4 Å². The van der Waals surface area contributed by atoms with E-state index in [4.69, 9.17) is 10.5 Å². The Balaban J connectivity index is 2.94. The molecule has 0 saturated carbocycles. The molecule has 1 aromatic rings. The van der Waals surface area contributed by atoms with Crippen LogP contribution in [0, 0.1) is 0 Å². The number of halogens is 3. The Morgan fingerprint density at radius 1 is 1.15 bits per heavy atom. The lowest BCUT2D eigenvalue weighted by Gasteiger charge is -2.27. The number of carbonyl (C=O) groups is 2. The highest BCUT2D eigenvalue weighted by Gasteiger charge is 2.31. The molecule has 0 aliphatic carbocycles. The minimum atomic E-state index is -4.41. The summed E-state index contributed by atoms with van der Waals surface area (Å²) in [6.07, 6.45) is -4.80. The first-order valence-electron chi connectivity index (χ1n) is 8.24. The zero-order chi connectivity index (χ0) is 20.1. The van der Waals surface area contributed by atoms with Crippen LogP contribution in [0.5, 0.6) is 0 Å². The number of alkyl halides is 3. The number of hydrogen-bond acceptors (Lipinski definition) is 3. The third-order valence-corrected chi connectivity index (χ3v) is 3.77. The molecule has 3 N–H and O–H groups in total. The molecule has 0 saturated heterocycles. The van der Waals surface area contributed by atoms with Crippen molar-refractivity contribution in [3.8, 4) is 0 Å². The van der Waals surface area contributed by atoms with Gasteiger partial charge in [-0.25, -0.2) is 4.79 Å². The Kier molecular flexibility index (Phi) is 7.06. The molecule has 0 aromatic heterocycles. The molecule has 2 amide bonds. The van der Waals surface area contributed by atoms with Gasteiger partial charge in [-0.05, 0) is 44.9 Å². The van der Waals surface area contributed by atoms with Crippen LogP contribution in [0.3, 0.4) is 0 Å². The van der Waals surface area contributed by atoms with Gasteiger partial charge in [-0.2, -0.15) is 13.2 Å². The number of hydrogen-bond donors (Lipinski definition) is 2. The molecule has 0 spiro atoms. The number of alkyl carbamates (subject to hydrolysis) is 1. The van der Waals surface area contributed by atoms with Crippen molar-refractivity contribution in [2.75, 3.05) is 0 Å². The van der Waals surface area contributed by atoms with Gasteiger partial charge < -0.3 is 15.8 Å². The fourth-order valence-corrected chi connectivity index (χ4v) is 2.41. The van der Waals surface area contributed by atoms with Crippen LogP contribution in [0.1, 0.15) is 57.6 Å². The average Bonchev–Trinajstić information content (AvgIpc) is 2.48. The molecule has 0 fully saturated rings. The van der Waals surface area contributed by atoms with Crippen LogP contribution in [-0.4, -0.2) is 23.6 Å². The Hall–Kier alpha value is -2.25. The van der Waals surface area contributed by atoms with Gasteiger partial charge in [0.2, 0.25) is 5.91 Å². The Morgan fingerprint density at radius 2 is 1.69 bits per heavy atom. The lowest BCUT2D eigenvalue weighted by molar-refractivity contribution is -0.137. The lowest BCUT2D eigenvalue weighted by atomic mass is 9.89. The third kappa shape index (κ3) is 7.33. The number of carbonyl (C=O) groups excluding carboxylic acids is 2. The monoisotopic (exact) mass is 374 g/mol. The Labute approximate surface area is 151 Å². The summed E-state index contributed by atoms with van der Waals surface area (Å²) in [7, 11) is 0. The smallest absolute Gasteiger partial charge is 0.416 e. The Morgan fingerprint density at radius 3 is 2.12 bits per heavy atom. The maximum atomic E-state index is 12.7. The molecule has 5 nitrogen and oxygen atoms in total. The molecule has 0 aliphatic rings. The minimum Gasteiger partial charge on any atom is -0.444 e. The van der Waals surface area contributed by atoms with Crippen LogP contribution in [0.25, 0.3) is 0 Å². The van der Waals surface area contributed by atoms with Gasteiger partial charge in [-0.15, -0.1) is 0 Å². The average molecular weight is 374 g/mol. The van der Waals surface area contributed by atoms with Crippen LogP contribution >= 0.6 is 0 Å². The summed E-state index contributed by atoms with van der Waals surface area (Å²) in [5, 5.41) is 2.68. The summed E-state index contributed by atoms with van der Waals surface area (Å²) >= 11 is 0. The lowest BCUT2D eigenvalue weighted by Crippen LogP contribution is -2.42. The van der Waals surface area contributed by atoms with E-state index in [1.54, 1.807) is 27.7 Å². The van der Waals surface area contributed by atoms with E-state index in [2.05, 4.69) is 5.32 Å². The zero-order valence-electron chi connectivity index (χ0n) is 15.3. The van der Waals surface area contributed by atoms with Gasteiger partial charge in [0.25, 0.3) is 0 Å². The van der Waals surface area contributed by atoms with Crippen molar-refractivity contribution in [1.29, 1.82) is 0 Å². The molecule has 1 rings (SSSR count). The number of rotatable bonds is 6. The number of nitrogens with one attached hydrogen (secondary N) is 1. The van der Waals surface area contributed by atoms with Gasteiger partial charge in [0.05, 0.1) is 5.56 Å². The molecular formula is C18H25F3N2O3. The predicted molar refractivity (Wildman–Crippen MR) is 91.4 cm³/mol. The SMILES string of the molecule is CC(c1ccc(C(F)(F)F)cc1)C(CCC(N)=O)NC(=O)OC(C)(C)C. The maximum absolute atomic E-state index is 12.7. The molecule has 146 valence electrons. The van der Waals surface area contributed by atoms with E-state index in [0.717, 1.165) is 12.1 Å². The molecule has 26 heavy (non-hydrogen) atoms. The molecule has 2 unspecified atom stereocenters. The maximum Gasteiger partial charge on any atom is 0.416 e. The quantitative estimate of drug-likeness (QED) is 0.791. The van der Waals surface area contributed by atoms with E-state index in [1.807, 2.05) is 0 Å². The zero-order valence-corrected chi connectivity index (χ0v) is 15.3. The second kappa shape index (κ2) is 8.42. The fourth-order valence-electron chi connectivity index (χ4n) is 2.41. The van der Waals surface area contributed by atoms with Gasteiger partial charge in [0, 0.05) is 18.4 Å². The first kappa shape index (κ1) is 21.8. The van der Waals surface area contributed by atoms with Crippen LogP contribution in [-0.2, 0) is 15.7 Å². The molecule has 0 radical (unpaired) electrons. The first-order valence-corrected chi connectivity index (χ1v) is 8.24. The number of amides is 2. The van der Waals surface area contributed by atoms with Crippen molar-refractivity contribution < 1.29 is 27.5 Å². The van der Waals surface area contributed by atoms with E-state index in [9.17, 15) is 22.8 Å². The number of primary amides is 1. The van der Waals surface area contributed by atoms with Crippen LogP contribution in [0.15, 0.2) is 24.3 Å². The van der Waals surface area contributed by atoms with Crippen molar-refractivity contribution in [3.63, 3.8) is 0 Å². The van der Waals surface area contributed by atoms with Gasteiger partial charge in [0.15, 0.2) is 0 Å². The predicted octanol–water partition coefficient (Wildman–Crippen LogP) is 3.97. The van der Waals surface area contributed by atoms with E-state index in [1.165, 1.54) is 12.1 Å². The van der Waals surface area contributed by atoms with Crippen LogP contribution < -0.4 is 11.1 Å². The minimum absolute atomic E-state index is 0.0332. The number of benzene rings is 1. The first-order chi connectivity index (χ1) is 11.8. The van der Waals surface area contributed by atoms with Crippen molar-refractivity contribution in [1.82, 2.24) is 5.32 Å². The summed E-state index contributed by atoms with van der Waals surface area (Å²) in [5.74, 6) is -0.871. The highest BCUT2D eigenvalue weighted by molar-refractivity contribution is 5.74. The molecule has 2 atom stereocenters. The molecule has 0 heterocycles. The summed E-state index contributed by atoms with van der Waals surface area (Å²) < 4.78 is 43.3. The Bertz CT molecular complexity index is 622. The van der Waals surface area contributed by atoms with E-state index >= 15 is 0 Å². The highest BCUT2D eigenvalue weighted by atomic mass is 19.4. The van der Waals surface area contributed by atoms with E-state index < -0.39 is 35.4 Å². The summed E-state index contributed by atoms with van der Waals surface area (Å²) in [5.41, 5.74) is 4.33. The molecular weight excluding hydrogens is 349 g/mol. The standard InChI is InChI=1S/C18H25F3N2O3/c1-11(12-5-7-13(8-6-12)18(19,20)21)14(9-10-15(22)24)23-16(25)26-17(2,3)4/h5-8,11,14H,9-10H2,1-4H3,(H2,22,24)(H,23,25). The summed E-state index contributed by atoms with van der Waals surface area (Å²) in [4.78, 5) is 23.1. The van der Waals surface area contributed by atoms with Crippen molar-refractivity contribution in [2.24, 2.45) is 5.73 Å². The van der Waals surface area contributed by atoms with Crippen molar-refractivity contribution in [2.45, 2.75) is 64.3 Å². The molecule has 1 aromatic carbocycles. The van der Waals surface area contributed by atoms with Gasteiger partial charge in [0.1, 0.15) is 5.60 Å². The van der Waals surface area contributed by atoms with Crippen LogP contribution in [0.4, 0.5) is 18.0 Å². The van der Waals surface area contributed by atoms with Crippen molar-refractivity contribution >= 4 is 12.0 Å². The van der Waals surface area contributed by atoms with E-state index in [0.29, 0.717) is 5.56 Å². The molecule has 0 bridgehead atoms. The summed E-state index contributed by atoms with van der Waals surface area (Å²) in [6, 6.07) is 4.19. The van der Waals surface area contributed by atoms with Crippen LogP contribution in [0.2, 0.25) is 0 Å². The van der Waals surface area contributed by atoms with Gasteiger partial charge >= 0.3 is 12.3 Å². The van der Waals surface area contributed by atoms with Crippen molar-refractivity contribution in [3.05, 3.63) is 35.4 Å². The number of ether oxygens (including phenoxy) is 1. The number of nitrogens with two attached hydrogens (primary N) is 1. The molecule has 0 aliphatic heterocycles.